The molecule has 1 aromatic heterocycles. The van der Waals surface area contributed by atoms with Crippen LogP contribution in [0, 0.1) is 0 Å². The van der Waals surface area contributed by atoms with Crippen LogP contribution in [0.3, 0.4) is 0 Å². The molecule has 0 amide bonds. The Bertz CT molecular complexity index is 840. The van der Waals surface area contributed by atoms with Gasteiger partial charge in [-0.05, 0) is 44.2 Å². The van der Waals surface area contributed by atoms with Crippen LogP contribution in [-0.4, -0.2) is 30.2 Å². The Kier molecular flexibility index (Phi) is 6.07. The maximum absolute atomic E-state index is 12.8. The fourth-order valence-corrected chi connectivity index (χ4v) is 2.51. The van der Waals surface area contributed by atoms with Crippen LogP contribution < -0.4 is 15.3 Å². The van der Waals surface area contributed by atoms with E-state index in [2.05, 4.69) is 9.88 Å². The molecule has 140 valence electrons. The highest BCUT2D eigenvalue weighted by Crippen LogP contribution is 2.29. The highest BCUT2D eigenvalue weighted by Gasteiger charge is 2.32. The molecule has 5 nitrogen and oxygen atoms in total. The standard InChI is InChI=1S/C18H20F3N3O2/c1-4-24(5-2)14-9-7-12(15(11-14)26-3)6-8-13-10-16(18(19,20)21)23-17(25)22-13/h6-11H,4-5H2,1-3H3,(H,22,23,25)/b8-6+. The predicted molar refractivity (Wildman–Crippen MR) is 95.3 cm³/mol. The van der Waals surface area contributed by atoms with Gasteiger partial charge in [0.25, 0.3) is 0 Å². The average Bonchev–Trinajstić information content (AvgIpc) is 2.60. The van der Waals surface area contributed by atoms with E-state index in [4.69, 9.17) is 4.74 Å². The molecule has 0 saturated carbocycles. The van der Waals surface area contributed by atoms with Crippen molar-refractivity contribution in [1.29, 1.82) is 0 Å². The lowest BCUT2D eigenvalue weighted by Gasteiger charge is -2.22. The van der Waals surface area contributed by atoms with Gasteiger partial charge in [-0.3, -0.25) is 0 Å². The van der Waals surface area contributed by atoms with Crippen LogP contribution in [0.5, 0.6) is 5.75 Å². The Balaban J connectivity index is 2.36. The fraction of sp³-hybridized carbons (Fsp3) is 0.333. The Morgan fingerprint density at radius 2 is 1.88 bits per heavy atom. The van der Waals surface area contributed by atoms with Crippen LogP contribution in [0.1, 0.15) is 30.8 Å². The molecule has 1 N–H and O–H groups in total. The second-order valence-corrected chi connectivity index (χ2v) is 5.45. The molecular weight excluding hydrogens is 347 g/mol. The second-order valence-electron chi connectivity index (χ2n) is 5.45. The zero-order chi connectivity index (χ0) is 19.3. The Labute approximate surface area is 149 Å². The predicted octanol–water partition coefficient (Wildman–Crippen LogP) is 3.81. The number of anilines is 1. The van der Waals surface area contributed by atoms with Gasteiger partial charge in [-0.2, -0.15) is 18.2 Å². The molecule has 0 atom stereocenters. The summed E-state index contributed by atoms with van der Waals surface area (Å²) in [5.74, 6) is 0.575. The van der Waals surface area contributed by atoms with Crippen molar-refractivity contribution >= 4 is 17.8 Å². The summed E-state index contributed by atoms with van der Waals surface area (Å²) in [7, 11) is 1.52. The molecule has 0 saturated heterocycles. The van der Waals surface area contributed by atoms with Gasteiger partial charge in [0, 0.05) is 30.4 Å². The van der Waals surface area contributed by atoms with Crippen molar-refractivity contribution in [3.05, 3.63) is 51.7 Å². The molecule has 0 unspecified atom stereocenters. The zero-order valence-electron chi connectivity index (χ0n) is 14.7. The number of ether oxygens (including phenoxy) is 1. The first-order valence-electron chi connectivity index (χ1n) is 8.08. The quantitative estimate of drug-likeness (QED) is 0.843. The average molecular weight is 367 g/mol. The normalized spacial score (nSPS) is 11.8. The largest absolute Gasteiger partial charge is 0.496 e. The van der Waals surface area contributed by atoms with E-state index in [1.165, 1.54) is 13.2 Å². The minimum atomic E-state index is -4.65. The highest BCUT2D eigenvalue weighted by atomic mass is 19.4. The van der Waals surface area contributed by atoms with Gasteiger partial charge in [0.1, 0.15) is 11.4 Å². The topological polar surface area (TPSA) is 58.2 Å². The van der Waals surface area contributed by atoms with Crippen LogP contribution in [0.25, 0.3) is 12.2 Å². The van der Waals surface area contributed by atoms with Crippen LogP contribution in [0.2, 0.25) is 0 Å². The number of hydrogen-bond acceptors (Lipinski definition) is 4. The summed E-state index contributed by atoms with van der Waals surface area (Å²) < 4.78 is 43.7. The van der Waals surface area contributed by atoms with Gasteiger partial charge >= 0.3 is 11.9 Å². The van der Waals surface area contributed by atoms with E-state index in [-0.39, 0.29) is 5.69 Å². The number of nitrogens with one attached hydrogen (secondary N) is 1. The molecule has 2 rings (SSSR count). The van der Waals surface area contributed by atoms with Gasteiger partial charge in [0.15, 0.2) is 0 Å². The van der Waals surface area contributed by atoms with Gasteiger partial charge in [-0.25, -0.2) is 4.79 Å². The second kappa shape index (κ2) is 8.07. The number of halogens is 3. The van der Waals surface area contributed by atoms with Crippen LogP contribution >= 0.6 is 0 Å². The van der Waals surface area contributed by atoms with Gasteiger partial charge in [-0.15, -0.1) is 0 Å². The summed E-state index contributed by atoms with van der Waals surface area (Å²) in [6, 6.07) is 6.36. The van der Waals surface area contributed by atoms with Gasteiger partial charge in [-0.1, -0.05) is 0 Å². The molecule has 1 aromatic carbocycles. The summed E-state index contributed by atoms with van der Waals surface area (Å²) in [4.78, 5) is 18.7. The number of benzene rings is 1. The smallest absolute Gasteiger partial charge is 0.431 e. The van der Waals surface area contributed by atoms with Crippen molar-refractivity contribution in [2.45, 2.75) is 20.0 Å². The lowest BCUT2D eigenvalue weighted by Crippen LogP contribution is -2.21. The molecule has 0 radical (unpaired) electrons. The fourth-order valence-electron chi connectivity index (χ4n) is 2.51. The first-order valence-corrected chi connectivity index (χ1v) is 8.08. The van der Waals surface area contributed by atoms with Crippen molar-refractivity contribution in [2.75, 3.05) is 25.1 Å². The molecule has 0 bridgehead atoms. The number of H-pyrrole nitrogens is 1. The number of hydrogen-bond donors (Lipinski definition) is 1. The first kappa shape index (κ1) is 19.6. The van der Waals surface area contributed by atoms with Gasteiger partial charge < -0.3 is 14.6 Å². The number of nitrogens with zero attached hydrogens (tertiary/aromatic N) is 2. The summed E-state index contributed by atoms with van der Waals surface area (Å²) >= 11 is 0. The molecule has 26 heavy (non-hydrogen) atoms. The van der Waals surface area contributed by atoms with Crippen LogP contribution in [0.4, 0.5) is 18.9 Å². The van der Waals surface area contributed by atoms with Crippen molar-refractivity contribution in [3.63, 3.8) is 0 Å². The maximum atomic E-state index is 12.8. The third-order valence-electron chi connectivity index (χ3n) is 3.85. The van der Waals surface area contributed by atoms with Crippen LogP contribution in [0.15, 0.2) is 29.1 Å². The van der Waals surface area contributed by atoms with E-state index in [1.807, 2.05) is 26.0 Å². The van der Waals surface area contributed by atoms with Crippen molar-refractivity contribution in [3.8, 4) is 5.75 Å². The number of aromatic amines is 1. The molecule has 0 aliphatic heterocycles. The van der Waals surface area contributed by atoms with E-state index in [1.54, 1.807) is 17.1 Å². The SMILES string of the molecule is CCN(CC)c1ccc(/C=C/c2cc(C(F)(F)F)[nH]c(=O)n2)c(OC)c1. The van der Waals surface area contributed by atoms with E-state index in [9.17, 15) is 18.0 Å². The number of rotatable bonds is 6. The van der Waals surface area contributed by atoms with E-state index >= 15 is 0 Å². The first-order chi connectivity index (χ1) is 12.3. The molecular formula is C18H20F3N3O2. The number of methoxy groups -OCH3 is 1. The third kappa shape index (κ3) is 4.65. The Hall–Kier alpha value is -2.77. The van der Waals surface area contributed by atoms with Gasteiger partial charge in [0.05, 0.1) is 12.8 Å². The van der Waals surface area contributed by atoms with E-state index < -0.39 is 17.6 Å². The summed E-state index contributed by atoms with van der Waals surface area (Å²) in [5, 5.41) is 0. The van der Waals surface area contributed by atoms with E-state index in [0.717, 1.165) is 24.8 Å². The molecule has 2 aromatic rings. The van der Waals surface area contributed by atoms with E-state index in [0.29, 0.717) is 11.3 Å². The highest BCUT2D eigenvalue weighted by molar-refractivity contribution is 5.73. The third-order valence-corrected chi connectivity index (χ3v) is 3.85. The maximum Gasteiger partial charge on any atom is 0.431 e. The molecule has 0 spiro atoms. The van der Waals surface area contributed by atoms with Crippen molar-refractivity contribution < 1.29 is 17.9 Å². The minimum Gasteiger partial charge on any atom is -0.496 e. The molecule has 0 fully saturated rings. The van der Waals surface area contributed by atoms with Crippen molar-refractivity contribution in [1.82, 2.24) is 9.97 Å². The monoisotopic (exact) mass is 367 g/mol. The molecule has 0 aliphatic rings. The molecule has 0 aliphatic carbocycles. The lowest BCUT2D eigenvalue weighted by atomic mass is 10.1. The zero-order valence-corrected chi connectivity index (χ0v) is 14.7. The minimum absolute atomic E-state index is 0.0871. The Morgan fingerprint density at radius 1 is 1.19 bits per heavy atom. The molecule has 8 heteroatoms. The molecule has 1 heterocycles. The Morgan fingerprint density at radius 3 is 2.46 bits per heavy atom. The summed E-state index contributed by atoms with van der Waals surface area (Å²) in [6.45, 7) is 5.76. The summed E-state index contributed by atoms with van der Waals surface area (Å²) in [6.07, 6.45) is -1.74. The summed E-state index contributed by atoms with van der Waals surface area (Å²) in [5.41, 5.74) is -0.628. The number of aromatic nitrogens is 2. The van der Waals surface area contributed by atoms with Crippen LogP contribution in [-0.2, 0) is 6.18 Å². The lowest BCUT2D eigenvalue weighted by molar-refractivity contribution is -0.141. The van der Waals surface area contributed by atoms with Gasteiger partial charge in [0.2, 0.25) is 0 Å². The van der Waals surface area contributed by atoms with Crippen molar-refractivity contribution in [2.24, 2.45) is 0 Å². The number of alkyl halides is 3.